The van der Waals surface area contributed by atoms with Crippen LogP contribution >= 0.6 is 11.6 Å². The van der Waals surface area contributed by atoms with Crippen molar-refractivity contribution in [3.05, 3.63) is 45.9 Å². The van der Waals surface area contributed by atoms with Crippen molar-refractivity contribution in [2.45, 2.75) is 77.4 Å². The summed E-state index contributed by atoms with van der Waals surface area (Å²) in [6, 6.07) is 5.18. The van der Waals surface area contributed by atoms with Crippen molar-refractivity contribution in [2.24, 2.45) is 0 Å². The Morgan fingerprint density at radius 3 is 2.67 bits per heavy atom. The molecule has 2 aromatic rings. The summed E-state index contributed by atoms with van der Waals surface area (Å²) in [5.74, 6) is 0.660. The minimum absolute atomic E-state index is 0.0717. The number of nitrogen functional groups attached to an aromatic ring is 1. The van der Waals surface area contributed by atoms with Crippen molar-refractivity contribution >= 4 is 29.0 Å². The van der Waals surface area contributed by atoms with Gasteiger partial charge in [-0.05, 0) is 60.5 Å². The van der Waals surface area contributed by atoms with Crippen molar-refractivity contribution < 1.29 is 13.9 Å². The van der Waals surface area contributed by atoms with Crippen LogP contribution in [0.2, 0.25) is 5.28 Å². The molecule has 1 aromatic carbocycles. The Morgan fingerprint density at radius 1 is 1.27 bits per heavy atom. The third-order valence-corrected chi connectivity index (χ3v) is 6.70. The smallest absolute Gasteiger partial charge is 0.255 e. The molecule has 9 heteroatoms. The van der Waals surface area contributed by atoms with Gasteiger partial charge in [0.15, 0.2) is 0 Å². The average Bonchev–Trinajstić information content (AvgIpc) is 3.45. The van der Waals surface area contributed by atoms with Gasteiger partial charge in [0.1, 0.15) is 18.1 Å². The number of aromatic nitrogens is 2. The average molecular weight is 476 g/mol. The second-order valence-corrected chi connectivity index (χ2v) is 8.96. The lowest BCUT2D eigenvalue weighted by molar-refractivity contribution is -0.152. The highest BCUT2D eigenvalue weighted by molar-refractivity contribution is 6.28. The van der Waals surface area contributed by atoms with Crippen molar-refractivity contribution in [2.75, 3.05) is 17.6 Å². The molecule has 0 spiro atoms. The first-order valence-electron chi connectivity index (χ1n) is 11.7. The zero-order valence-corrected chi connectivity index (χ0v) is 19.9. The quantitative estimate of drug-likeness (QED) is 0.491. The van der Waals surface area contributed by atoms with Crippen LogP contribution in [0.3, 0.4) is 0 Å². The van der Waals surface area contributed by atoms with Crippen LogP contribution in [-0.2, 0) is 35.7 Å². The van der Waals surface area contributed by atoms with Crippen LogP contribution in [0.15, 0.2) is 18.2 Å². The fraction of sp³-hybridized carbons (Fsp3) is 0.542. The van der Waals surface area contributed by atoms with Gasteiger partial charge in [-0.1, -0.05) is 19.9 Å². The Bertz CT molecular complexity index is 1030. The molecule has 4 heterocycles. The van der Waals surface area contributed by atoms with E-state index < -0.39 is 12.3 Å². The van der Waals surface area contributed by atoms with Crippen LogP contribution in [0.25, 0.3) is 0 Å². The number of rotatable bonds is 5. The number of hydrogen-bond donors (Lipinski definition) is 2. The summed E-state index contributed by atoms with van der Waals surface area (Å²) >= 11 is 6.16. The number of anilines is 2. The van der Waals surface area contributed by atoms with Gasteiger partial charge in [-0.25, -0.2) is 14.4 Å². The standard InChI is InChI=1S/C22H25ClFN5O2.C2H6/c23-21-27-18-3-6-29(20(30)22-4-1-16(31-22)2-5-22)12-17(18)19(28-21)26-11-14-7-13(10-24)8-15(25)9-14;1-2/h7-9,16H,1-6,10-12,25H2,(H,26,27,28);1-2H3. The molecule has 0 saturated carbocycles. The molecule has 5 rings (SSSR count). The SMILES string of the molecule is CC.Nc1cc(CF)cc(CNc2nc(Cl)nc3c2CN(C(=O)C24CCC(CC2)O4)CC3)c1. The number of nitrogens with one attached hydrogen (secondary N) is 1. The van der Waals surface area contributed by atoms with Crippen molar-refractivity contribution in [1.29, 1.82) is 0 Å². The van der Waals surface area contributed by atoms with Gasteiger partial charge < -0.3 is 20.7 Å². The maximum absolute atomic E-state index is 13.3. The third kappa shape index (κ3) is 4.77. The van der Waals surface area contributed by atoms with Gasteiger partial charge in [0, 0.05) is 30.8 Å². The number of carbonyl (C=O) groups is 1. The second-order valence-electron chi connectivity index (χ2n) is 8.62. The summed E-state index contributed by atoms with van der Waals surface area (Å²) in [6.07, 6.45) is 4.36. The Hall–Kier alpha value is -2.45. The molecule has 0 atom stereocenters. The van der Waals surface area contributed by atoms with Crippen LogP contribution in [0.4, 0.5) is 15.9 Å². The van der Waals surface area contributed by atoms with Gasteiger partial charge in [-0.2, -0.15) is 0 Å². The zero-order valence-electron chi connectivity index (χ0n) is 19.2. The number of hydrogen-bond acceptors (Lipinski definition) is 6. The molecule has 0 aliphatic carbocycles. The number of ether oxygens (including phenoxy) is 1. The molecule has 0 unspecified atom stereocenters. The van der Waals surface area contributed by atoms with E-state index in [4.69, 9.17) is 22.1 Å². The fourth-order valence-corrected chi connectivity index (χ4v) is 5.21. The molecule has 2 bridgehead atoms. The van der Waals surface area contributed by atoms with Crippen LogP contribution in [0.1, 0.15) is 61.9 Å². The fourth-order valence-electron chi connectivity index (χ4n) is 5.02. The van der Waals surface area contributed by atoms with Gasteiger partial charge in [-0.15, -0.1) is 0 Å². The van der Waals surface area contributed by atoms with E-state index in [1.54, 1.807) is 18.2 Å². The first-order chi connectivity index (χ1) is 16.0. The van der Waals surface area contributed by atoms with Gasteiger partial charge in [0.05, 0.1) is 18.3 Å². The van der Waals surface area contributed by atoms with E-state index in [9.17, 15) is 9.18 Å². The maximum atomic E-state index is 13.3. The Morgan fingerprint density at radius 2 is 2.00 bits per heavy atom. The number of nitrogens with zero attached hydrogens (tertiary/aromatic N) is 3. The van der Waals surface area contributed by atoms with Gasteiger partial charge >= 0.3 is 0 Å². The van der Waals surface area contributed by atoms with Crippen LogP contribution < -0.4 is 11.1 Å². The van der Waals surface area contributed by atoms with E-state index in [2.05, 4.69) is 15.3 Å². The summed E-state index contributed by atoms with van der Waals surface area (Å²) in [5.41, 5.74) is 8.83. The molecule has 178 valence electrons. The molecule has 33 heavy (non-hydrogen) atoms. The Labute approximate surface area is 198 Å². The topological polar surface area (TPSA) is 93.4 Å². The number of nitrogens with two attached hydrogens (primary N) is 1. The zero-order chi connectivity index (χ0) is 23.6. The highest BCUT2D eigenvalue weighted by Gasteiger charge is 2.53. The predicted octanol–water partition coefficient (Wildman–Crippen LogP) is 4.42. The minimum Gasteiger partial charge on any atom is -0.399 e. The number of benzene rings is 1. The highest BCUT2D eigenvalue weighted by atomic mass is 35.5. The summed E-state index contributed by atoms with van der Waals surface area (Å²) in [5, 5.41) is 3.45. The van der Waals surface area contributed by atoms with E-state index in [-0.39, 0.29) is 17.3 Å². The molecular weight excluding hydrogens is 445 g/mol. The lowest BCUT2D eigenvalue weighted by atomic mass is 9.87. The molecule has 2 saturated heterocycles. The molecule has 3 N–H and O–H groups in total. The molecular formula is C24H31ClFN5O2. The van der Waals surface area contributed by atoms with Crippen molar-refractivity contribution in [3.8, 4) is 0 Å². The number of alkyl halides is 1. The summed E-state index contributed by atoms with van der Waals surface area (Å²) in [6.45, 7) is 4.83. The number of amides is 1. The molecule has 0 radical (unpaired) electrons. The van der Waals surface area contributed by atoms with Crippen molar-refractivity contribution in [1.82, 2.24) is 14.9 Å². The van der Waals surface area contributed by atoms with Gasteiger partial charge in [-0.3, -0.25) is 4.79 Å². The maximum Gasteiger partial charge on any atom is 0.255 e. The van der Waals surface area contributed by atoms with E-state index in [0.717, 1.165) is 42.5 Å². The normalized spacial score (nSPS) is 23.0. The summed E-state index contributed by atoms with van der Waals surface area (Å²) in [7, 11) is 0. The van der Waals surface area contributed by atoms with E-state index in [1.165, 1.54) is 0 Å². The van der Waals surface area contributed by atoms with Gasteiger partial charge in [0.2, 0.25) is 5.28 Å². The Kier molecular flexibility index (Phi) is 7.05. The van der Waals surface area contributed by atoms with E-state index >= 15 is 0 Å². The highest BCUT2D eigenvalue weighted by Crippen LogP contribution is 2.45. The summed E-state index contributed by atoms with van der Waals surface area (Å²) in [4.78, 5) is 23.9. The molecule has 7 nitrogen and oxygen atoms in total. The number of carbonyl (C=O) groups excluding carboxylic acids is 1. The molecule has 1 aromatic heterocycles. The molecule has 3 aliphatic rings. The first kappa shape index (κ1) is 23.7. The van der Waals surface area contributed by atoms with E-state index in [0.29, 0.717) is 43.1 Å². The van der Waals surface area contributed by atoms with Crippen LogP contribution in [-0.4, -0.2) is 39.0 Å². The largest absolute Gasteiger partial charge is 0.399 e. The molecule has 2 fully saturated rings. The second kappa shape index (κ2) is 9.81. The van der Waals surface area contributed by atoms with Gasteiger partial charge in [0.25, 0.3) is 5.91 Å². The van der Waals surface area contributed by atoms with E-state index in [1.807, 2.05) is 18.7 Å². The monoisotopic (exact) mass is 475 g/mol. The summed E-state index contributed by atoms with van der Waals surface area (Å²) < 4.78 is 19.1. The lowest BCUT2D eigenvalue weighted by Gasteiger charge is -2.35. The van der Waals surface area contributed by atoms with Crippen LogP contribution in [0, 0.1) is 0 Å². The third-order valence-electron chi connectivity index (χ3n) is 6.53. The minimum atomic E-state index is -0.645. The number of fused-ring (bicyclic) bond motifs is 3. The lowest BCUT2D eigenvalue weighted by Crippen LogP contribution is -2.49. The molecule has 3 aliphatic heterocycles. The molecule has 1 amide bonds. The van der Waals surface area contributed by atoms with Crippen molar-refractivity contribution in [3.63, 3.8) is 0 Å². The predicted molar refractivity (Wildman–Crippen MR) is 127 cm³/mol. The first-order valence-corrected chi connectivity index (χ1v) is 12.0. The van der Waals surface area contributed by atoms with Crippen LogP contribution in [0.5, 0.6) is 0 Å². The number of halogens is 2. The Balaban J connectivity index is 0.00000126.